The standard InChI is InChI=1S/C20H15N3/c1-14-3-2-4-16(13-14)18-5-6-19-20(23-18)17(9-12-22-19)15-7-10-21-11-8-15/h2-13H,1H3. The molecule has 0 saturated heterocycles. The summed E-state index contributed by atoms with van der Waals surface area (Å²) in [6.07, 6.45) is 5.42. The lowest BCUT2D eigenvalue weighted by molar-refractivity contribution is 1.31. The van der Waals surface area contributed by atoms with Gasteiger partial charge in [0.25, 0.3) is 0 Å². The Labute approximate surface area is 134 Å². The molecule has 0 bridgehead atoms. The highest BCUT2D eigenvalue weighted by molar-refractivity contribution is 5.92. The van der Waals surface area contributed by atoms with Crippen molar-refractivity contribution in [2.24, 2.45) is 0 Å². The number of hydrogen-bond acceptors (Lipinski definition) is 3. The summed E-state index contributed by atoms with van der Waals surface area (Å²) >= 11 is 0. The number of benzene rings is 1. The largest absolute Gasteiger partial charge is 0.265 e. The fourth-order valence-corrected chi connectivity index (χ4v) is 2.75. The summed E-state index contributed by atoms with van der Waals surface area (Å²) < 4.78 is 0. The molecule has 0 fully saturated rings. The normalized spacial score (nSPS) is 10.8. The first kappa shape index (κ1) is 13.6. The van der Waals surface area contributed by atoms with E-state index in [9.17, 15) is 0 Å². The average Bonchev–Trinajstić information content (AvgIpc) is 2.61. The Morgan fingerprint density at radius 2 is 1.65 bits per heavy atom. The zero-order chi connectivity index (χ0) is 15.6. The lowest BCUT2D eigenvalue weighted by Gasteiger charge is -2.08. The second kappa shape index (κ2) is 5.61. The van der Waals surface area contributed by atoms with Crippen molar-refractivity contribution < 1.29 is 0 Å². The van der Waals surface area contributed by atoms with Crippen LogP contribution in [0, 0.1) is 6.92 Å². The highest BCUT2D eigenvalue weighted by Crippen LogP contribution is 2.28. The molecule has 0 amide bonds. The van der Waals surface area contributed by atoms with Crippen LogP contribution in [0.15, 0.2) is 73.2 Å². The van der Waals surface area contributed by atoms with E-state index < -0.39 is 0 Å². The highest BCUT2D eigenvalue weighted by Gasteiger charge is 2.08. The van der Waals surface area contributed by atoms with E-state index in [0.717, 1.165) is 33.4 Å². The fourth-order valence-electron chi connectivity index (χ4n) is 2.75. The number of rotatable bonds is 2. The second-order valence-electron chi connectivity index (χ2n) is 5.53. The van der Waals surface area contributed by atoms with E-state index in [1.165, 1.54) is 5.56 Å². The van der Waals surface area contributed by atoms with Gasteiger partial charge in [-0.05, 0) is 48.9 Å². The molecule has 0 N–H and O–H groups in total. The monoisotopic (exact) mass is 297 g/mol. The van der Waals surface area contributed by atoms with E-state index >= 15 is 0 Å². The van der Waals surface area contributed by atoms with Crippen LogP contribution >= 0.6 is 0 Å². The Morgan fingerprint density at radius 3 is 2.48 bits per heavy atom. The number of aromatic nitrogens is 3. The minimum absolute atomic E-state index is 0.899. The van der Waals surface area contributed by atoms with Crippen LogP contribution in [0.25, 0.3) is 33.4 Å². The number of fused-ring (bicyclic) bond motifs is 1. The Hall–Kier alpha value is -3.07. The Kier molecular flexibility index (Phi) is 3.31. The summed E-state index contributed by atoms with van der Waals surface area (Å²) in [4.78, 5) is 13.4. The Balaban J connectivity index is 1.94. The Bertz CT molecular complexity index is 978. The zero-order valence-corrected chi connectivity index (χ0v) is 12.8. The van der Waals surface area contributed by atoms with Crippen molar-refractivity contribution in [1.29, 1.82) is 0 Å². The molecule has 0 unspecified atom stereocenters. The molecule has 0 aliphatic heterocycles. The van der Waals surface area contributed by atoms with Gasteiger partial charge in [0.1, 0.15) is 0 Å². The number of pyridine rings is 3. The lowest BCUT2D eigenvalue weighted by Crippen LogP contribution is -1.91. The van der Waals surface area contributed by atoms with E-state index in [0.29, 0.717) is 0 Å². The molecule has 4 aromatic rings. The van der Waals surface area contributed by atoms with Gasteiger partial charge in [0, 0.05) is 29.7 Å². The highest BCUT2D eigenvalue weighted by atomic mass is 14.8. The van der Waals surface area contributed by atoms with Crippen molar-refractivity contribution in [3.63, 3.8) is 0 Å². The predicted octanol–water partition coefficient (Wildman–Crippen LogP) is 4.67. The summed E-state index contributed by atoms with van der Waals surface area (Å²) in [5.74, 6) is 0. The summed E-state index contributed by atoms with van der Waals surface area (Å²) in [7, 11) is 0. The average molecular weight is 297 g/mol. The third kappa shape index (κ3) is 2.57. The van der Waals surface area contributed by atoms with Gasteiger partial charge < -0.3 is 0 Å². The summed E-state index contributed by atoms with van der Waals surface area (Å²) in [5, 5.41) is 0. The fraction of sp³-hybridized carbons (Fsp3) is 0.0500. The molecule has 1 aromatic carbocycles. The molecular formula is C20H15N3. The third-order valence-corrected chi connectivity index (χ3v) is 3.89. The van der Waals surface area contributed by atoms with Gasteiger partial charge in [-0.15, -0.1) is 0 Å². The molecular weight excluding hydrogens is 282 g/mol. The van der Waals surface area contributed by atoms with Crippen LogP contribution in [-0.2, 0) is 0 Å². The van der Waals surface area contributed by atoms with Crippen LogP contribution in [0.2, 0.25) is 0 Å². The van der Waals surface area contributed by atoms with Crippen LogP contribution in [-0.4, -0.2) is 15.0 Å². The SMILES string of the molecule is Cc1cccc(-c2ccc3nccc(-c4ccncc4)c3n2)c1. The van der Waals surface area contributed by atoms with E-state index in [1.54, 1.807) is 12.4 Å². The van der Waals surface area contributed by atoms with Gasteiger partial charge in [-0.1, -0.05) is 23.8 Å². The van der Waals surface area contributed by atoms with Gasteiger partial charge in [-0.2, -0.15) is 0 Å². The van der Waals surface area contributed by atoms with Crippen molar-refractivity contribution in [2.75, 3.05) is 0 Å². The van der Waals surface area contributed by atoms with Crippen LogP contribution < -0.4 is 0 Å². The van der Waals surface area contributed by atoms with E-state index in [1.807, 2.05) is 36.5 Å². The molecule has 0 aliphatic rings. The van der Waals surface area contributed by atoms with Crippen LogP contribution in [0.4, 0.5) is 0 Å². The molecule has 0 spiro atoms. The minimum atomic E-state index is 0.899. The summed E-state index contributed by atoms with van der Waals surface area (Å²) in [5.41, 5.74) is 7.30. The topological polar surface area (TPSA) is 38.7 Å². The molecule has 110 valence electrons. The third-order valence-electron chi connectivity index (χ3n) is 3.89. The van der Waals surface area contributed by atoms with Crippen molar-refractivity contribution >= 4 is 11.0 Å². The van der Waals surface area contributed by atoms with Crippen molar-refractivity contribution in [1.82, 2.24) is 15.0 Å². The van der Waals surface area contributed by atoms with Gasteiger partial charge in [-0.25, -0.2) is 4.98 Å². The molecule has 3 aromatic heterocycles. The maximum atomic E-state index is 4.88. The van der Waals surface area contributed by atoms with E-state index in [2.05, 4.69) is 41.2 Å². The molecule has 4 rings (SSSR count). The zero-order valence-electron chi connectivity index (χ0n) is 12.8. The van der Waals surface area contributed by atoms with Crippen molar-refractivity contribution in [2.45, 2.75) is 6.92 Å². The van der Waals surface area contributed by atoms with Gasteiger partial charge in [0.15, 0.2) is 0 Å². The Morgan fingerprint density at radius 1 is 0.783 bits per heavy atom. The molecule has 23 heavy (non-hydrogen) atoms. The number of aryl methyl sites for hydroxylation is 1. The van der Waals surface area contributed by atoms with Gasteiger partial charge >= 0.3 is 0 Å². The van der Waals surface area contributed by atoms with Crippen LogP contribution in [0.5, 0.6) is 0 Å². The summed E-state index contributed by atoms with van der Waals surface area (Å²) in [6.45, 7) is 2.09. The molecule has 0 aliphatic carbocycles. The molecule has 0 saturated carbocycles. The minimum Gasteiger partial charge on any atom is -0.265 e. The summed E-state index contributed by atoms with van der Waals surface area (Å²) in [6, 6.07) is 18.4. The number of hydrogen-bond donors (Lipinski definition) is 0. The van der Waals surface area contributed by atoms with Gasteiger partial charge in [-0.3, -0.25) is 9.97 Å². The molecule has 3 nitrogen and oxygen atoms in total. The van der Waals surface area contributed by atoms with Gasteiger partial charge in [0.2, 0.25) is 0 Å². The van der Waals surface area contributed by atoms with Crippen molar-refractivity contribution in [3.8, 4) is 22.4 Å². The first-order chi connectivity index (χ1) is 11.3. The molecule has 3 heteroatoms. The number of nitrogens with zero attached hydrogens (tertiary/aromatic N) is 3. The van der Waals surface area contributed by atoms with Crippen molar-refractivity contribution in [3.05, 3.63) is 78.8 Å². The maximum absolute atomic E-state index is 4.88. The lowest BCUT2D eigenvalue weighted by atomic mass is 10.0. The quantitative estimate of drug-likeness (QED) is 0.540. The molecule has 3 heterocycles. The first-order valence-corrected chi connectivity index (χ1v) is 7.54. The van der Waals surface area contributed by atoms with Gasteiger partial charge in [0.05, 0.1) is 16.7 Å². The maximum Gasteiger partial charge on any atom is 0.0972 e. The second-order valence-corrected chi connectivity index (χ2v) is 5.53. The first-order valence-electron chi connectivity index (χ1n) is 7.54. The molecule has 0 radical (unpaired) electrons. The van der Waals surface area contributed by atoms with Crippen LogP contribution in [0.3, 0.4) is 0 Å². The smallest absolute Gasteiger partial charge is 0.0972 e. The van der Waals surface area contributed by atoms with E-state index in [4.69, 9.17) is 4.98 Å². The van der Waals surface area contributed by atoms with Crippen LogP contribution in [0.1, 0.15) is 5.56 Å². The predicted molar refractivity (Wildman–Crippen MR) is 92.9 cm³/mol. The molecule has 0 atom stereocenters. The van der Waals surface area contributed by atoms with E-state index in [-0.39, 0.29) is 0 Å².